The Bertz CT molecular complexity index is 518. The third kappa shape index (κ3) is 2.40. The van der Waals surface area contributed by atoms with Crippen molar-refractivity contribution in [3.63, 3.8) is 0 Å². The van der Waals surface area contributed by atoms with Gasteiger partial charge >= 0.3 is 0 Å². The van der Waals surface area contributed by atoms with Gasteiger partial charge in [-0.15, -0.1) is 0 Å². The van der Waals surface area contributed by atoms with Crippen molar-refractivity contribution in [1.82, 2.24) is 4.90 Å². The zero-order valence-corrected chi connectivity index (χ0v) is 11.9. The van der Waals surface area contributed by atoms with Crippen LogP contribution in [0.4, 0.5) is 0 Å². The summed E-state index contributed by atoms with van der Waals surface area (Å²) in [4.78, 5) is 14.7. The van der Waals surface area contributed by atoms with Gasteiger partial charge in [-0.2, -0.15) is 0 Å². The fourth-order valence-electron chi connectivity index (χ4n) is 3.26. The van der Waals surface area contributed by atoms with E-state index in [9.17, 15) is 9.90 Å². The van der Waals surface area contributed by atoms with Crippen molar-refractivity contribution >= 4 is 5.78 Å². The van der Waals surface area contributed by atoms with Crippen molar-refractivity contribution in [1.29, 1.82) is 0 Å². The van der Waals surface area contributed by atoms with E-state index in [4.69, 9.17) is 4.74 Å². The number of piperidine rings is 1. The van der Waals surface area contributed by atoms with E-state index in [1.165, 1.54) is 0 Å². The second kappa shape index (κ2) is 5.09. The summed E-state index contributed by atoms with van der Waals surface area (Å²) in [5.41, 5.74) is 0.242. The Hall–Kier alpha value is -1.55. The first kappa shape index (κ1) is 13.4. The van der Waals surface area contributed by atoms with E-state index >= 15 is 0 Å². The molecule has 0 unspecified atom stereocenters. The second-order valence-corrected chi connectivity index (χ2v) is 5.91. The van der Waals surface area contributed by atoms with Crippen molar-refractivity contribution in [2.75, 3.05) is 19.6 Å². The van der Waals surface area contributed by atoms with E-state index in [-0.39, 0.29) is 17.1 Å². The molecular formula is C16H21NO3. The van der Waals surface area contributed by atoms with Gasteiger partial charge in [-0.25, -0.2) is 0 Å². The van der Waals surface area contributed by atoms with E-state index < -0.39 is 0 Å². The van der Waals surface area contributed by atoms with E-state index in [0.29, 0.717) is 17.7 Å². The highest BCUT2D eigenvalue weighted by molar-refractivity contribution is 6.00. The van der Waals surface area contributed by atoms with Crippen LogP contribution in [0.15, 0.2) is 18.2 Å². The third-order valence-electron chi connectivity index (χ3n) is 4.38. The Morgan fingerprint density at radius 1 is 1.35 bits per heavy atom. The molecule has 1 spiro atoms. The summed E-state index contributed by atoms with van der Waals surface area (Å²) in [5.74, 6) is 0.831. The summed E-state index contributed by atoms with van der Waals surface area (Å²) in [5, 5.41) is 9.57. The number of likely N-dealkylation sites (tertiary alicyclic amines) is 1. The minimum atomic E-state index is -0.359. The quantitative estimate of drug-likeness (QED) is 0.901. The molecule has 2 aliphatic heterocycles. The van der Waals surface area contributed by atoms with Crippen LogP contribution in [0.25, 0.3) is 0 Å². The summed E-state index contributed by atoms with van der Waals surface area (Å²) < 4.78 is 6.13. The highest BCUT2D eigenvalue weighted by atomic mass is 16.5. The van der Waals surface area contributed by atoms with Crippen molar-refractivity contribution in [3.8, 4) is 11.5 Å². The van der Waals surface area contributed by atoms with Crippen molar-refractivity contribution in [2.45, 2.75) is 38.2 Å². The number of rotatable bonds is 2. The van der Waals surface area contributed by atoms with Gasteiger partial charge in [-0.1, -0.05) is 6.92 Å². The van der Waals surface area contributed by atoms with Crippen LogP contribution in [0.2, 0.25) is 0 Å². The SMILES string of the molecule is CCCN1CCC2(CC1)CC(=O)c1ccc(O)cc1O2. The number of Topliss-reactive ketones (excluding diaryl/α,β-unsaturated/α-hetero) is 1. The number of carbonyl (C=O) groups is 1. The maximum absolute atomic E-state index is 12.3. The van der Waals surface area contributed by atoms with Gasteiger partial charge in [-0.05, 0) is 25.1 Å². The minimum Gasteiger partial charge on any atom is -0.508 e. The van der Waals surface area contributed by atoms with Crippen LogP contribution in [-0.4, -0.2) is 41.0 Å². The monoisotopic (exact) mass is 275 g/mol. The van der Waals surface area contributed by atoms with Gasteiger partial charge < -0.3 is 14.7 Å². The lowest BCUT2D eigenvalue weighted by atomic mass is 9.82. The standard InChI is InChI=1S/C16H21NO3/c1-2-7-17-8-5-16(6-9-17)11-14(19)13-4-3-12(18)10-15(13)20-16/h3-4,10,18H,2,5-9,11H2,1H3. The van der Waals surface area contributed by atoms with Gasteiger partial charge in [0.15, 0.2) is 5.78 Å². The first-order valence-electron chi connectivity index (χ1n) is 7.39. The Balaban J connectivity index is 1.79. The predicted molar refractivity (Wildman–Crippen MR) is 76.4 cm³/mol. The van der Waals surface area contributed by atoms with E-state index in [1.807, 2.05) is 0 Å². The highest BCUT2D eigenvalue weighted by Crippen LogP contribution is 2.40. The normalized spacial score (nSPS) is 21.6. The van der Waals surface area contributed by atoms with Gasteiger partial charge in [0.25, 0.3) is 0 Å². The summed E-state index contributed by atoms with van der Waals surface area (Å²) in [6, 6.07) is 4.76. The molecule has 0 saturated carbocycles. The molecule has 20 heavy (non-hydrogen) atoms. The van der Waals surface area contributed by atoms with Crippen LogP contribution in [0.3, 0.4) is 0 Å². The average molecular weight is 275 g/mol. The molecule has 4 heteroatoms. The molecule has 108 valence electrons. The van der Waals surface area contributed by atoms with E-state index in [0.717, 1.165) is 38.9 Å². The Morgan fingerprint density at radius 3 is 2.80 bits per heavy atom. The van der Waals surface area contributed by atoms with Gasteiger partial charge in [0, 0.05) is 32.0 Å². The van der Waals surface area contributed by atoms with Crippen LogP contribution in [0, 0.1) is 0 Å². The number of fused-ring (bicyclic) bond motifs is 1. The molecule has 4 nitrogen and oxygen atoms in total. The van der Waals surface area contributed by atoms with Gasteiger partial charge in [-0.3, -0.25) is 4.79 Å². The number of aromatic hydroxyl groups is 1. The molecule has 0 aromatic heterocycles. The molecule has 0 radical (unpaired) electrons. The maximum Gasteiger partial charge on any atom is 0.170 e. The van der Waals surface area contributed by atoms with Crippen LogP contribution < -0.4 is 4.74 Å². The number of ether oxygens (including phenoxy) is 1. The molecule has 1 aromatic rings. The average Bonchev–Trinajstić information content (AvgIpc) is 2.41. The molecule has 2 aliphatic rings. The van der Waals surface area contributed by atoms with Gasteiger partial charge in [0.2, 0.25) is 0 Å². The largest absolute Gasteiger partial charge is 0.508 e. The zero-order valence-electron chi connectivity index (χ0n) is 11.9. The van der Waals surface area contributed by atoms with Crippen molar-refractivity contribution < 1.29 is 14.6 Å². The molecule has 3 rings (SSSR count). The van der Waals surface area contributed by atoms with Crippen LogP contribution in [0.1, 0.15) is 43.0 Å². The van der Waals surface area contributed by atoms with E-state index in [2.05, 4.69) is 11.8 Å². The van der Waals surface area contributed by atoms with Crippen LogP contribution in [0.5, 0.6) is 11.5 Å². The minimum absolute atomic E-state index is 0.134. The number of phenols is 1. The number of phenolic OH excluding ortho intramolecular Hbond substituents is 1. The molecule has 1 fully saturated rings. The maximum atomic E-state index is 12.3. The molecular weight excluding hydrogens is 254 g/mol. The molecule has 1 aromatic carbocycles. The van der Waals surface area contributed by atoms with Crippen molar-refractivity contribution in [3.05, 3.63) is 23.8 Å². The third-order valence-corrected chi connectivity index (χ3v) is 4.38. The summed E-state index contributed by atoms with van der Waals surface area (Å²) in [7, 11) is 0. The fraction of sp³-hybridized carbons (Fsp3) is 0.562. The lowest BCUT2D eigenvalue weighted by Gasteiger charge is -2.44. The fourth-order valence-corrected chi connectivity index (χ4v) is 3.26. The molecule has 0 aliphatic carbocycles. The number of benzene rings is 1. The number of hydrogen-bond acceptors (Lipinski definition) is 4. The summed E-state index contributed by atoms with van der Waals surface area (Å²) in [6.07, 6.45) is 3.38. The number of ketones is 1. The van der Waals surface area contributed by atoms with Crippen LogP contribution >= 0.6 is 0 Å². The molecule has 1 saturated heterocycles. The van der Waals surface area contributed by atoms with Gasteiger partial charge in [0.05, 0.1) is 12.0 Å². The smallest absolute Gasteiger partial charge is 0.170 e. The number of nitrogens with zero attached hydrogens (tertiary/aromatic N) is 1. The Morgan fingerprint density at radius 2 is 2.10 bits per heavy atom. The highest BCUT2D eigenvalue weighted by Gasteiger charge is 2.42. The second-order valence-electron chi connectivity index (χ2n) is 5.91. The van der Waals surface area contributed by atoms with E-state index in [1.54, 1.807) is 18.2 Å². The lowest BCUT2D eigenvalue weighted by Crippen LogP contribution is -2.51. The molecule has 1 N–H and O–H groups in total. The first-order chi connectivity index (χ1) is 9.62. The molecule has 2 heterocycles. The zero-order chi connectivity index (χ0) is 14.2. The first-order valence-corrected chi connectivity index (χ1v) is 7.39. The number of carbonyl (C=O) groups excluding carboxylic acids is 1. The Labute approximate surface area is 119 Å². The number of hydrogen-bond donors (Lipinski definition) is 1. The van der Waals surface area contributed by atoms with Gasteiger partial charge in [0.1, 0.15) is 17.1 Å². The molecule has 0 atom stereocenters. The molecule has 0 amide bonds. The lowest BCUT2D eigenvalue weighted by molar-refractivity contribution is -0.00897. The van der Waals surface area contributed by atoms with Crippen molar-refractivity contribution in [2.24, 2.45) is 0 Å². The predicted octanol–water partition coefficient (Wildman–Crippen LogP) is 2.60. The van der Waals surface area contributed by atoms with Crippen LogP contribution in [-0.2, 0) is 0 Å². The molecule has 0 bridgehead atoms. The Kier molecular flexibility index (Phi) is 3.42. The summed E-state index contributed by atoms with van der Waals surface area (Å²) >= 11 is 0. The topological polar surface area (TPSA) is 49.8 Å². The summed E-state index contributed by atoms with van der Waals surface area (Å²) in [6.45, 7) is 5.26.